The number of imide groups is 2. The van der Waals surface area contributed by atoms with E-state index in [-0.39, 0.29) is 5.70 Å². The Balaban J connectivity index is 2.36. The van der Waals surface area contributed by atoms with Crippen LogP contribution in [-0.4, -0.2) is 36.5 Å². The molecule has 1 aromatic rings. The van der Waals surface area contributed by atoms with Gasteiger partial charge in [-0.25, -0.2) is 9.69 Å². The highest BCUT2D eigenvalue weighted by Crippen LogP contribution is 2.29. The first-order chi connectivity index (χ1) is 11.0. The van der Waals surface area contributed by atoms with Gasteiger partial charge in [-0.1, -0.05) is 13.0 Å². The summed E-state index contributed by atoms with van der Waals surface area (Å²) in [6.45, 7) is 3.78. The fraction of sp³-hybridized carbons (Fsp3) is 0.312. The first-order valence-electron chi connectivity index (χ1n) is 7.16. The predicted octanol–water partition coefficient (Wildman–Crippen LogP) is 1.92. The van der Waals surface area contributed by atoms with Gasteiger partial charge in [0.1, 0.15) is 5.70 Å². The Morgan fingerprint density at radius 1 is 1.30 bits per heavy atom. The second-order valence-corrected chi connectivity index (χ2v) is 4.90. The molecule has 0 aromatic heterocycles. The molecule has 0 aliphatic carbocycles. The van der Waals surface area contributed by atoms with Crippen LogP contribution in [0.5, 0.6) is 11.5 Å². The third-order valence-electron chi connectivity index (χ3n) is 3.16. The summed E-state index contributed by atoms with van der Waals surface area (Å²) in [4.78, 5) is 35.8. The van der Waals surface area contributed by atoms with Crippen molar-refractivity contribution < 1.29 is 23.9 Å². The van der Waals surface area contributed by atoms with Crippen molar-refractivity contribution in [1.29, 1.82) is 0 Å². The second-order valence-electron chi connectivity index (χ2n) is 4.90. The highest BCUT2D eigenvalue weighted by molar-refractivity contribution is 6.19. The molecule has 0 radical (unpaired) electrons. The van der Waals surface area contributed by atoms with E-state index in [1.165, 1.54) is 20.1 Å². The Labute approximate surface area is 133 Å². The number of nitrogens with one attached hydrogen (secondary N) is 1. The summed E-state index contributed by atoms with van der Waals surface area (Å²) >= 11 is 0. The summed E-state index contributed by atoms with van der Waals surface area (Å²) in [6.07, 6.45) is 2.32. The van der Waals surface area contributed by atoms with Crippen molar-refractivity contribution in [1.82, 2.24) is 10.2 Å². The smallest absolute Gasteiger partial charge is 0.335 e. The summed E-state index contributed by atoms with van der Waals surface area (Å²) < 4.78 is 10.8. The highest BCUT2D eigenvalue weighted by atomic mass is 16.5. The van der Waals surface area contributed by atoms with Crippen LogP contribution in [0.4, 0.5) is 4.79 Å². The molecular formula is C16H18N2O5. The fourth-order valence-electron chi connectivity index (χ4n) is 2.13. The zero-order chi connectivity index (χ0) is 17.0. The average Bonchev–Trinajstić information content (AvgIpc) is 2.79. The summed E-state index contributed by atoms with van der Waals surface area (Å²) in [6, 6.07) is 4.36. The lowest BCUT2D eigenvalue weighted by molar-refractivity contribution is -0.125. The van der Waals surface area contributed by atoms with Crippen molar-refractivity contribution in [3.8, 4) is 11.5 Å². The Bertz CT molecular complexity index is 681. The molecule has 4 amide bonds. The van der Waals surface area contributed by atoms with Crippen LogP contribution in [-0.2, 0) is 9.59 Å². The Hall–Kier alpha value is -2.83. The molecule has 2 rings (SSSR count). The van der Waals surface area contributed by atoms with Gasteiger partial charge in [-0.05, 0) is 30.2 Å². The monoisotopic (exact) mass is 318 g/mol. The minimum absolute atomic E-state index is 0.0215. The van der Waals surface area contributed by atoms with Crippen molar-refractivity contribution in [2.45, 2.75) is 20.3 Å². The standard InChI is InChI=1S/C16H18N2O5/c1-4-7-23-13-6-5-11(9-14(13)22-3)8-12-15(20)17-16(21)18(12)10(2)19/h5-6,8-9H,4,7H2,1-3H3,(H,17,20,21)/b12-8-. The van der Waals surface area contributed by atoms with E-state index in [2.05, 4.69) is 5.32 Å². The number of rotatable bonds is 5. The lowest BCUT2D eigenvalue weighted by Gasteiger charge is -2.12. The van der Waals surface area contributed by atoms with Gasteiger partial charge >= 0.3 is 6.03 Å². The summed E-state index contributed by atoms with van der Waals surface area (Å²) in [7, 11) is 1.51. The molecule has 1 aliphatic rings. The van der Waals surface area contributed by atoms with E-state index in [0.717, 1.165) is 11.3 Å². The van der Waals surface area contributed by atoms with Gasteiger partial charge in [-0.15, -0.1) is 0 Å². The molecule has 0 spiro atoms. The lowest BCUT2D eigenvalue weighted by atomic mass is 10.1. The minimum atomic E-state index is -0.747. The molecule has 23 heavy (non-hydrogen) atoms. The zero-order valence-electron chi connectivity index (χ0n) is 13.2. The van der Waals surface area contributed by atoms with Crippen molar-refractivity contribution in [3.63, 3.8) is 0 Å². The highest BCUT2D eigenvalue weighted by Gasteiger charge is 2.35. The molecule has 0 unspecified atom stereocenters. The van der Waals surface area contributed by atoms with E-state index >= 15 is 0 Å². The molecule has 0 saturated carbocycles. The molecule has 1 aromatic carbocycles. The van der Waals surface area contributed by atoms with Crippen molar-refractivity contribution >= 4 is 23.9 Å². The second kappa shape index (κ2) is 6.95. The molecule has 7 heteroatoms. The van der Waals surface area contributed by atoms with Crippen LogP contribution in [0.1, 0.15) is 25.8 Å². The van der Waals surface area contributed by atoms with E-state index in [1.54, 1.807) is 18.2 Å². The van der Waals surface area contributed by atoms with Gasteiger partial charge < -0.3 is 9.47 Å². The maximum absolute atomic E-state index is 11.8. The van der Waals surface area contributed by atoms with E-state index in [4.69, 9.17) is 9.47 Å². The normalized spacial score (nSPS) is 15.8. The Kier molecular flexibility index (Phi) is 5.00. The number of hydrogen-bond acceptors (Lipinski definition) is 5. The number of carbonyl (C=O) groups excluding carboxylic acids is 3. The maximum Gasteiger partial charge on any atom is 0.335 e. The first kappa shape index (κ1) is 16.5. The summed E-state index contributed by atoms with van der Waals surface area (Å²) in [5, 5.41) is 2.09. The van der Waals surface area contributed by atoms with E-state index < -0.39 is 17.8 Å². The average molecular weight is 318 g/mol. The molecule has 1 saturated heterocycles. The van der Waals surface area contributed by atoms with Gasteiger partial charge in [-0.2, -0.15) is 0 Å². The van der Waals surface area contributed by atoms with Crippen molar-refractivity contribution in [3.05, 3.63) is 29.5 Å². The first-order valence-corrected chi connectivity index (χ1v) is 7.16. The van der Waals surface area contributed by atoms with Crippen LogP contribution in [0.25, 0.3) is 6.08 Å². The van der Waals surface area contributed by atoms with Crippen LogP contribution < -0.4 is 14.8 Å². The SMILES string of the molecule is CCCOc1ccc(/C=C2/C(=O)NC(=O)N2C(C)=O)cc1OC. The number of ether oxygens (including phenoxy) is 2. The van der Waals surface area contributed by atoms with Gasteiger partial charge in [0.2, 0.25) is 5.91 Å². The molecule has 0 bridgehead atoms. The van der Waals surface area contributed by atoms with Gasteiger partial charge in [0.05, 0.1) is 13.7 Å². The van der Waals surface area contributed by atoms with Gasteiger partial charge in [-0.3, -0.25) is 14.9 Å². The quantitative estimate of drug-likeness (QED) is 0.662. The van der Waals surface area contributed by atoms with Gasteiger partial charge in [0.25, 0.3) is 5.91 Å². The molecule has 0 atom stereocenters. The number of hydrogen-bond donors (Lipinski definition) is 1. The molecule has 1 heterocycles. The number of amides is 4. The van der Waals surface area contributed by atoms with Crippen LogP contribution in [0.15, 0.2) is 23.9 Å². The van der Waals surface area contributed by atoms with Crippen molar-refractivity contribution in [2.75, 3.05) is 13.7 Å². The van der Waals surface area contributed by atoms with E-state index in [9.17, 15) is 14.4 Å². The number of urea groups is 1. The van der Waals surface area contributed by atoms with Crippen LogP contribution in [0.3, 0.4) is 0 Å². The maximum atomic E-state index is 11.8. The summed E-state index contributed by atoms with van der Waals surface area (Å²) in [5.74, 6) is -0.0521. The molecule has 7 nitrogen and oxygen atoms in total. The number of benzene rings is 1. The topological polar surface area (TPSA) is 84.9 Å². The van der Waals surface area contributed by atoms with E-state index in [1.807, 2.05) is 6.92 Å². The van der Waals surface area contributed by atoms with Crippen molar-refractivity contribution in [2.24, 2.45) is 0 Å². The molecule has 122 valence electrons. The van der Waals surface area contributed by atoms with Crippen LogP contribution in [0.2, 0.25) is 0 Å². The summed E-state index contributed by atoms with van der Waals surface area (Å²) in [5.41, 5.74) is 0.587. The van der Waals surface area contributed by atoms with E-state index in [0.29, 0.717) is 23.7 Å². The largest absolute Gasteiger partial charge is 0.493 e. The lowest BCUT2D eigenvalue weighted by Crippen LogP contribution is -2.31. The fourth-order valence-corrected chi connectivity index (χ4v) is 2.13. The third-order valence-corrected chi connectivity index (χ3v) is 3.16. The van der Waals surface area contributed by atoms with Crippen LogP contribution in [0, 0.1) is 0 Å². The molecule has 1 aliphatic heterocycles. The van der Waals surface area contributed by atoms with Gasteiger partial charge in [0.15, 0.2) is 11.5 Å². The molecule has 1 N–H and O–H groups in total. The van der Waals surface area contributed by atoms with Crippen LogP contribution >= 0.6 is 0 Å². The number of methoxy groups -OCH3 is 1. The third kappa shape index (κ3) is 3.50. The Morgan fingerprint density at radius 3 is 2.65 bits per heavy atom. The number of carbonyl (C=O) groups is 3. The predicted molar refractivity (Wildman–Crippen MR) is 82.8 cm³/mol. The number of nitrogens with zero attached hydrogens (tertiary/aromatic N) is 1. The minimum Gasteiger partial charge on any atom is -0.493 e. The molecular weight excluding hydrogens is 300 g/mol. The van der Waals surface area contributed by atoms with Gasteiger partial charge in [0, 0.05) is 6.92 Å². The Morgan fingerprint density at radius 2 is 2.04 bits per heavy atom. The zero-order valence-corrected chi connectivity index (χ0v) is 13.2. The molecule has 1 fully saturated rings.